The highest BCUT2D eigenvalue weighted by Gasteiger charge is 2.33. The lowest BCUT2D eigenvalue weighted by Gasteiger charge is -2.38. The van der Waals surface area contributed by atoms with E-state index in [0.717, 1.165) is 32.1 Å². The minimum atomic E-state index is 0.206. The lowest BCUT2D eigenvalue weighted by Crippen LogP contribution is -2.38. The van der Waals surface area contributed by atoms with Crippen molar-refractivity contribution >= 4 is 27.1 Å². The summed E-state index contributed by atoms with van der Waals surface area (Å²) in [7, 11) is 3.05. The minimum absolute atomic E-state index is 0.206. The Hall–Kier alpha value is -0.120. The van der Waals surface area contributed by atoms with Gasteiger partial charge < -0.3 is 9.39 Å². The highest BCUT2D eigenvalue weighted by Crippen LogP contribution is 2.36. The predicted octanol–water partition coefficient (Wildman–Crippen LogP) is 3.33. The van der Waals surface area contributed by atoms with E-state index in [4.69, 9.17) is 9.39 Å². The lowest BCUT2D eigenvalue weighted by atomic mass is 9.72. The molecule has 0 saturated carbocycles. The van der Waals surface area contributed by atoms with Crippen molar-refractivity contribution in [2.45, 2.75) is 75.8 Å². The van der Waals surface area contributed by atoms with E-state index in [1.54, 1.807) is 0 Å². The van der Waals surface area contributed by atoms with Gasteiger partial charge in [-0.1, -0.05) is 32.8 Å². The van der Waals surface area contributed by atoms with E-state index >= 15 is 0 Å². The zero-order valence-corrected chi connectivity index (χ0v) is 15.9. The van der Waals surface area contributed by atoms with Crippen molar-refractivity contribution in [1.29, 1.82) is 0 Å². The van der Waals surface area contributed by atoms with Crippen molar-refractivity contribution in [3.05, 3.63) is 24.2 Å². The van der Waals surface area contributed by atoms with Crippen LogP contribution < -0.4 is 0 Å². The normalized spacial score (nSPS) is 37.8. The molecule has 5 atom stereocenters. The molecule has 0 amide bonds. The average Bonchev–Trinajstić information content (AvgIpc) is 2.56. The molecule has 0 N–H and O–H groups in total. The molecule has 0 aromatic rings. The second-order valence-corrected chi connectivity index (χ2v) is 8.32. The monoisotopic (exact) mass is 334 g/mol. The fourth-order valence-electron chi connectivity index (χ4n) is 3.66. The number of rotatable bonds is 4. The van der Waals surface area contributed by atoms with Crippen LogP contribution in [0.25, 0.3) is 0 Å². The molecule has 0 spiro atoms. The molecule has 2 nitrogen and oxygen atoms in total. The third-order valence-electron chi connectivity index (χ3n) is 5.28. The maximum Gasteiger partial charge on any atom is 0.257 e. The second kappa shape index (κ2) is 10.0. The smallest absolute Gasteiger partial charge is 0.257 e. The Labute approximate surface area is 148 Å². The van der Waals surface area contributed by atoms with Crippen molar-refractivity contribution < 1.29 is 9.39 Å². The van der Waals surface area contributed by atoms with E-state index < -0.39 is 0 Å². The zero-order chi connectivity index (χ0) is 16.7. The summed E-state index contributed by atoms with van der Waals surface area (Å²) in [6.07, 6.45) is 10.1. The molecule has 128 valence electrons. The zero-order valence-electron chi connectivity index (χ0n) is 15.1. The first kappa shape index (κ1) is 19.2. The van der Waals surface area contributed by atoms with Crippen molar-refractivity contribution in [3.8, 4) is 0 Å². The van der Waals surface area contributed by atoms with Crippen LogP contribution in [0.2, 0.25) is 6.32 Å². The maximum atomic E-state index is 6.36. The van der Waals surface area contributed by atoms with E-state index in [9.17, 15) is 0 Å². The number of thioether (sulfide) groups is 1. The minimum Gasteiger partial charge on any atom is -0.440 e. The first-order valence-corrected chi connectivity index (χ1v) is 10.3. The van der Waals surface area contributed by atoms with Crippen LogP contribution >= 0.6 is 11.8 Å². The van der Waals surface area contributed by atoms with Gasteiger partial charge in [0, 0.05) is 5.25 Å². The Morgan fingerprint density at radius 1 is 1.52 bits per heavy atom. The quantitative estimate of drug-likeness (QED) is 0.580. The molecule has 2 aliphatic heterocycles. The van der Waals surface area contributed by atoms with Crippen molar-refractivity contribution in [2.24, 2.45) is 5.92 Å². The Balaban J connectivity index is 2.03. The van der Waals surface area contributed by atoms with E-state index in [0.29, 0.717) is 23.4 Å². The van der Waals surface area contributed by atoms with Crippen molar-refractivity contribution in [1.82, 2.24) is 0 Å². The molecule has 0 bridgehead atoms. The van der Waals surface area contributed by atoms with Crippen LogP contribution in [-0.4, -0.2) is 44.6 Å². The lowest BCUT2D eigenvalue weighted by molar-refractivity contribution is -0.0399. The average molecular weight is 334 g/mol. The summed E-state index contributed by atoms with van der Waals surface area (Å²) >= 11 is 2.06. The summed E-state index contributed by atoms with van der Waals surface area (Å²) in [5.41, 5.74) is 1.29. The summed E-state index contributed by atoms with van der Waals surface area (Å²) in [4.78, 5) is 0. The molecule has 0 aromatic heterocycles. The fraction of sp³-hybridized carbons (Fsp3) is 0.778. The predicted molar refractivity (Wildman–Crippen MR) is 106 cm³/mol. The standard InChI is InChI=1S/C18H32B2O2S/c1-4-15-11-13(2)14(3)17(21-15)12-18-16(22-19)7-9-20-8-5-6-10-23-18/h5,8,13,15-18,20H,3-4,6-7,9-12,19H2,1-2H3/b8-5+/t13?,15?,16?,17?,18-/m0/s1. The van der Waals surface area contributed by atoms with Crippen LogP contribution in [-0.2, 0) is 9.39 Å². The second-order valence-electron chi connectivity index (χ2n) is 6.98. The number of ether oxygens (including phenoxy) is 1. The first-order valence-electron chi connectivity index (χ1n) is 9.29. The van der Waals surface area contributed by atoms with E-state index in [2.05, 4.69) is 44.2 Å². The molecule has 23 heavy (non-hydrogen) atoms. The van der Waals surface area contributed by atoms with Crippen molar-refractivity contribution in [3.63, 3.8) is 0 Å². The summed E-state index contributed by atoms with van der Waals surface area (Å²) in [6.45, 7) is 8.88. The SMILES string of the molecule is BOC1CCB/C=C/CCS[C@H]1CC1OC(CC)CC(C)C1=C. The van der Waals surface area contributed by atoms with Gasteiger partial charge in [0.2, 0.25) is 0 Å². The first-order chi connectivity index (χ1) is 11.2. The molecule has 2 heterocycles. The highest BCUT2D eigenvalue weighted by molar-refractivity contribution is 7.99. The van der Waals surface area contributed by atoms with Gasteiger partial charge in [-0.05, 0) is 49.3 Å². The Kier molecular flexibility index (Phi) is 8.35. The Morgan fingerprint density at radius 2 is 2.35 bits per heavy atom. The van der Waals surface area contributed by atoms with Crippen molar-refractivity contribution in [2.75, 3.05) is 5.75 Å². The van der Waals surface area contributed by atoms with Gasteiger partial charge >= 0.3 is 0 Å². The summed E-state index contributed by atoms with van der Waals surface area (Å²) in [5.74, 6) is 4.08. The molecule has 0 radical (unpaired) electrons. The maximum absolute atomic E-state index is 6.36. The Bertz CT molecular complexity index is 402. The van der Waals surface area contributed by atoms with Gasteiger partial charge in [0.1, 0.15) is 7.28 Å². The number of hydrogen-bond acceptors (Lipinski definition) is 3. The summed E-state index contributed by atoms with van der Waals surface area (Å²) in [5, 5.41) is 0.510. The molecule has 4 unspecified atom stereocenters. The molecule has 0 aliphatic carbocycles. The van der Waals surface area contributed by atoms with Crippen LogP contribution in [0.5, 0.6) is 0 Å². The Morgan fingerprint density at radius 3 is 3.09 bits per heavy atom. The van der Waals surface area contributed by atoms with Crippen LogP contribution in [0.4, 0.5) is 0 Å². The van der Waals surface area contributed by atoms with Crippen LogP contribution in [0, 0.1) is 5.92 Å². The van der Waals surface area contributed by atoms with Crippen LogP contribution in [0.1, 0.15) is 46.0 Å². The summed E-state index contributed by atoms with van der Waals surface area (Å²) in [6, 6.07) is 0. The van der Waals surface area contributed by atoms with Gasteiger partial charge in [-0.2, -0.15) is 11.8 Å². The van der Waals surface area contributed by atoms with Gasteiger partial charge in [-0.15, -0.1) is 5.98 Å². The number of allylic oxidation sites excluding steroid dienone is 1. The molecular weight excluding hydrogens is 302 g/mol. The van der Waals surface area contributed by atoms with Gasteiger partial charge in [0.15, 0.2) is 0 Å². The van der Waals surface area contributed by atoms with Gasteiger partial charge in [-0.25, -0.2) is 0 Å². The van der Waals surface area contributed by atoms with E-state index in [1.165, 1.54) is 24.9 Å². The molecule has 0 aromatic carbocycles. The molecule has 2 rings (SSSR count). The third-order valence-corrected chi connectivity index (χ3v) is 6.68. The summed E-state index contributed by atoms with van der Waals surface area (Å²) < 4.78 is 12.2. The van der Waals surface area contributed by atoms with Crippen LogP contribution in [0.15, 0.2) is 24.2 Å². The highest BCUT2D eigenvalue weighted by atomic mass is 32.2. The van der Waals surface area contributed by atoms with Gasteiger partial charge in [0.05, 0.1) is 18.3 Å². The van der Waals surface area contributed by atoms with E-state index in [1.807, 2.05) is 8.05 Å². The number of hydrogen-bond donors (Lipinski definition) is 0. The van der Waals surface area contributed by atoms with Gasteiger partial charge in [0.25, 0.3) is 8.05 Å². The molecule has 1 fully saturated rings. The topological polar surface area (TPSA) is 18.5 Å². The molecule has 2 aliphatic rings. The van der Waals surface area contributed by atoms with Gasteiger partial charge in [-0.3, -0.25) is 0 Å². The molecule has 1 saturated heterocycles. The fourth-order valence-corrected chi connectivity index (χ4v) is 5.01. The van der Waals surface area contributed by atoms with E-state index in [-0.39, 0.29) is 6.10 Å². The van der Waals surface area contributed by atoms with Crippen LogP contribution in [0.3, 0.4) is 0 Å². The molecular formula is C18H32B2O2S. The third kappa shape index (κ3) is 5.72. The largest absolute Gasteiger partial charge is 0.440 e. The molecule has 5 heteroatoms.